The average Bonchev–Trinajstić information content (AvgIpc) is 2.72. The Kier molecular flexibility index (Phi) is 3.88. The summed E-state index contributed by atoms with van der Waals surface area (Å²) < 4.78 is 39.7. The lowest BCUT2D eigenvalue weighted by Gasteiger charge is -2.12. The number of fused-ring (bicyclic) bond motifs is 1. The SMILES string of the molecule is Cn1ccc(NS(=O)(=O)c2cc(Cl)c3c(c2)OCCCO3)n1. The number of hydrogen-bond donors (Lipinski definition) is 1. The maximum atomic E-state index is 12.4. The van der Waals surface area contributed by atoms with Crippen molar-refractivity contribution in [3.8, 4) is 11.5 Å². The lowest BCUT2D eigenvalue weighted by atomic mass is 10.3. The highest BCUT2D eigenvalue weighted by molar-refractivity contribution is 7.92. The minimum Gasteiger partial charge on any atom is -0.489 e. The van der Waals surface area contributed by atoms with Crippen LogP contribution in [0.1, 0.15) is 6.42 Å². The molecule has 0 aliphatic carbocycles. The first-order chi connectivity index (χ1) is 10.5. The molecular formula is C13H14ClN3O4S. The maximum absolute atomic E-state index is 12.4. The van der Waals surface area contributed by atoms with Gasteiger partial charge in [0.1, 0.15) is 0 Å². The molecule has 2 aromatic rings. The predicted octanol–water partition coefficient (Wildman–Crippen LogP) is 2.04. The van der Waals surface area contributed by atoms with Crippen LogP contribution in [0.25, 0.3) is 0 Å². The largest absolute Gasteiger partial charge is 0.489 e. The van der Waals surface area contributed by atoms with Gasteiger partial charge in [0.05, 0.1) is 23.1 Å². The molecular weight excluding hydrogens is 330 g/mol. The third-order valence-corrected chi connectivity index (χ3v) is 4.65. The molecule has 3 rings (SSSR count). The van der Waals surface area contributed by atoms with E-state index in [0.717, 1.165) is 0 Å². The van der Waals surface area contributed by atoms with Crippen molar-refractivity contribution in [2.24, 2.45) is 7.05 Å². The fraction of sp³-hybridized carbons (Fsp3) is 0.308. The van der Waals surface area contributed by atoms with E-state index in [9.17, 15) is 8.42 Å². The molecule has 1 aromatic carbocycles. The zero-order valence-corrected chi connectivity index (χ0v) is 13.3. The Morgan fingerprint density at radius 2 is 2.09 bits per heavy atom. The predicted molar refractivity (Wildman–Crippen MR) is 81.1 cm³/mol. The highest BCUT2D eigenvalue weighted by Crippen LogP contribution is 2.39. The summed E-state index contributed by atoms with van der Waals surface area (Å²) in [5, 5.41) is 4.18. The first-order valence-corrected chi connectivity index (χ1v) is 8.43. The van der Waals surface area contributed by atoms with Crippen molar-refractivity contribution in [2.45, 2.75) is 11.3 Å². The minimum atomic E-state index is -3.81. The number of hydrogen-bond acceptors (Lipinski definition) is 5. The second-order valence-electron chi connectivity index (χ2n) is 4.76. The average molecular weight is 344 g/mol. The highest BCUT2D eigenvalue weighted by atomic mass is 35.5. The van der Waals surface area contributed by atoms with E-state index >= 15 is 0 Å². The molecule has 118 valence electrons. The van der Waals surface area contributed by atoms with Crippen molar-refractivity contribution in [2.75, 3.05) is 17.9 Å². The lowest BCUT2D eigenvalue weighted by Crippen LogP contribution is -2.14. The van der Waals surface area contributed by atoms with E-state index in [4.69, 9.17) is 21.1 Å². The van der Waals surface area contributed by atoms with Gasteiger partial charge in [0, 0.05) is 31.8 Å². The molecule has 9 heteroatoms. The standard InChI is InChI=1S/C13H14ClN3O4S/c1-17-4-3-12(15-17)16-22(18,19)9-7-10(14)13-11(8-9)20-5-2-6-21-13/h3-4,7-8H,2,5-6H2,1H3,(H,15,16). The second-order valence-corrected chi connectivity index (χ2v) is 6.85. The van der Waals surface area contributed by atoms with Gasteiger partial charge >= 0.3 is 0 Å². The summed E-state index contributed by atoms with van der Waals surface area (Å²) in [4.78, 5) is -0.00703. The molecule has 22 heavy (non-hydrogen) atoms. The Hall–Kier alpha value is -1.93. The van der Waals surface area contributed by atoms with Gasteiger partial charge in [0.15, 0.2) is 17.3 Å². The highest BCUT2D eigenvalue weighted by Gasteiger charge is 2.22. The van der Waals surface area contributed by atoms with Gasteiger partial charge in [-0.15, -0.1) is 0 Å². The minimum absolute atomic E-state index is 0.00703. The van der Waals surface area contributed by atoms with Crippen LogP contribution >= 0.6 is 11.6 Å². The number of aryl methyl sites for hydroxylation is 1. The van der Waals surface area contributed by atoms with Crippen LogP contribution in [0.3, 0.4) is 0 Å². The number of rotatable bonds is 3. The van der Waals surface area contributed by atoms with E-state index in [-0.39, 0.29) is 15.7 Å². The van der Waals surface area contributed by atoms with Crippen LogP contribution in [-0.2, 0) is 17.1 Å². The van der Waals surface area contributed by atoms with Crippen molar-refractivity contribution in [3.05, 3.63) is 29.4 Å². The third kappa shape index (κ3) is 2.97. The number of benzene rings is 1. The number of halogens is 1. The van der Waals surface area contributed by atoms with Crippen LogP contribution in [0.15, 0.2) is 29.3 Å². The van der Waals surface area contributed by atoms with Crippen LogP contribution in [-0.4, -0.2) is 31.4 Å². The smallest absolute Gasteiger partial charge is 0.263 e. The van der Waals surface area contributed by atoms with Gasteiger partial charge in [0.2, 0.25) is 0 Å². The number of sulfonamides is 1. The molecule has 1 aromatic heterocycles. The summed E-state index contributed by atoms with van der Waals surface area (Å²) in [7, 11) is -2.12. The van der Waals surface area contributed by atoms with Crippen molar-refractivity contribution >= 4 is 27.4 Å². The van der Waals surface area contributed by atoms with Gasteiger partial charge in [0.25, 0.3) is 10.0 Å². The Morgan fingerprint density at radius 1 is 1.32 bits per heavy atom. The normalized spacial score (nSPS) is 14.5. The molecule has 0 bridgehead atoms. The number of nitrogens with zero attached hydrogens (tertiary/aromatic N) is 2. The summed E-state index contributed by atoms with van der Waals surface area (Å²) >= 11 is 6.12. The van der Waals surface area contributed by atoms with E-state index in [2.05, 4.69) is 9.82 Å². The van der Waals surface area contributed by atoms with E-state index in [1.807, 2.05) is 0 Å². The molecule has 0 amide bonds. The van der Waals surface area contributed by atoms with Crippen LogP contribution in [0.4, 0.5) is 5.82 Å². The van der Waals surface area contributed by atoms with Crippen LogP contribution in [0.5, 0.6) is 11.5 Å². The Bertz CT molecular complexity index is 804. The quantitative estimate of drug-likeness (QED) is 0.922. The topological polar surface area (TPSA) is 82.5 Å². The summed E-state index contributed by atoms with van der Waals surface area (Å²) in [5.41, 5.74) is 0. The summed E-state index contributed by atoms with van der Waals surface area (Å²) in [6.45, 7) is 0.922. The van der Waals surface area contributed by atoms with Gasteiger partial charge in [-0.1, -0.05) is 11.6 Å². The molecule has 0 radical (unpaired) electrons. The Balaban J connectivity index is 1.97. The van der Waals surface area contributed by atoms with Crippen molar-refractivity contribution < 1.29 is 17.9 Å². The fourth-order valence-electron chi connectivity index (χ4n) is 2.03. The number of nitrogens with one attached hydrogen (secondary N) is 1. The second kappa shape index (κ2) is 5.69. The zero-order chi connectivity index (χ0) is 15.7. The molecule has 0 saturated carbocycles. The van der Waals surface area contributed by atoms with Crippen molar-refractivity contribution in [1.29, 1.82) is 0 Å². The molecule has 2 heterocycles. The van der Waals surface area contributed by atoms with Crippen LogP contribution in [0, 0.1) is 0 Å². The molecule has 1 N–H and O–H groups in total. The Labute approximate surface area is 132 Å². The monoisotopic (exact) mass is 343 g/mol. The third-order valence-electron chi connectivity index (χ3n) is 3.04. The zero-order valence-electron chi connectivity index (χ0n) is 11.7. The van der Waals surface area contributed by atoms with Crippen molar-refractivity contribution in [1.82, 2.24) is 9.78 Å². The summed E-state index contributed by atoms with van der Waals surface area (Å²) in [6, 6.07) is 4.29. The molecule has 0 saturated heterocycles. The van der Waals surface area contributed by atoms with Gasteiger partial charge in [-0.05, 0) is 6.07 Å². The maximum Gasteiger partial charge on any atom is 0.263 e. The van der Waals surface area contributed by atoms with Gasteiger partial charge in [-0.25, -0.2) is 8.42 Å². The molecule has 0 spiro atoms. The Morgan fingerprint density at radius 3 is 2.82 bits per heavy atom. The number of anilines is 1. The molecule has 0 unspecified atom stereocenters. The summed E-state index contributed by atoms with van der Waals surface area (Å²) in [5.74, 6) is 0.924. The van der Waals surface area contributed by atoms with Gasteiger partial charge in [-0.3, -0.25) is 9.40 Å². The fourth-order valence-corrected chi connectivity index (χ4v) is 3.40. The number of ether oxygens (including phenoxy) is 2. The lowest BCUT2D eigenvalue weighted by molar-refractivity contribution is 0.297. The van der Waals surface area contributed by atoms with Crippen molar-refractivity contribution in [3.63, 3.8) is 0 Å². The molecule has 0 atom stereocenters. The van der Waals surface area contributed by atoms with Gasteiger partial charge < -0.3 is 9.47 Å². The molecule has 1 aliphatic rings. The van der Waals surface area contributed by atoms with E-state index in [1.54, 1.807) is 19.3 Å². The van der Waals surface area contributed by atoms with Crippen LogP contribution in [0.2, 0.25) is 5.02 Å². The summed E-state index contributed by atoms with van der Waals surface area (Å²) in [6.07, 6.45) is 2.35. The first kappa shape index (κ1) is 15.0. The van der Waals surface area contributed by atoms with E-state index in [1.165, 1.54) is 16.8 Å². The van der Waals surface area contributed by atoms with Gasteiger partial charge in [-0.2, -0.15) is 5.10 Å². The number of aromatic nitrogens is 2. The van der Waals surface area contributed by atoms with E-state index in [0.29, 0.717) is 31.1 Å². The molecule has 0 fully saturated rings. The molecule has 1 aliphatic heterocycles. The first-order valence-electron chi connectivity index (χ1n) is 6.57. The molecule has 7 nitrogen and oxygen atoms in total. The van der Waals surface area contributed by atoms with E-state index < -0.39 is 10.0 Å². The van der Waals surface area contributed by atoms with Crippen LogP contribution < -0.4 is 14.2 Å².